The van der Waals surface area contributed by atoms with Crippen LogP contribution in [0.4, 0.5) is 0 Å². The molecule has 1 aromatic carbocycles. The number of benzene rings is 1. The molecule has 1 N–H and O–H groups in total. The number of carbonyl (C=O) groups excluding carboxylic acids is 1. The molecule has 0 saturated carbocycles. The molecule has 0 bridgehead atoms. The van der Waals surface area contributed by atoms with Gasteiger partial charge in [0.2, 0.25) is 0 Å². The van der Waals surface area contributed by atoms with Gasteiger partial charge in [0, 0.05) is 24.0 Å². The second-order valence-electron chi connectivity index (χ2n) is 5.96. The third-order valence-electron chi connectivity index (χ3n) is 3.48. The van der Waals surface area contributed by atoms with E-state index in [4.69, 9.17) is 4.74 Å². The summed E-state index contributed by atoms with van der Waals surface area (Å²) in [7, 11) is 0. The summed E-state index contributed by atoms with van der Waals surface area (Å²) in [5, 5.41) is 3.01. The van der Waals surface area contributed by atoms with Crippen LogP contribution in [0.2, 0.25) is 0 Å². The van der Waals surface area contributed by atoms with E-state index in [0.717, 1.165) is 18.6 Å². The molecule has 0 spiro atoms. The molecule has 122 valence electrons. The smallest absolute Gasteiger partial charge is 0.251 e. The number of nitrogens with one attached hydrogen (secondary N) is 1. The minimum Gasteiger partial charge on any atom is -0.491 e. The van der Waals surface area contributed by atoms with E-state index in [1.165, 1.54) is 5.56 Å². The van der Waals surface area contributed by atoms with E-state index < -0.39 is 0 Å². The van der Waals surface area contributed by atoms with Gasteiger partial charge in [-0.05, 0) is 63.4 Å². The number of rotatable bonds is 7. The van der Waals surface area contributed by atoms with Crippen molar-refractivity contribution in [1.82, 2.24) is 10.3 Å². The highest BCUT2D eigenvalue weighted by Gasteiger charge is 2.09. The van der Waals surface area contributed by atoms with Gasteiger partial charge in [0.15, 0.2) is 0 Å². The number of nitrogens with zero attached hydrogens (tertiary/aromatic N) is 1. The Hall–Kier alpha value is -2.36. The molecule has 23 heavy (non-hydrogen) atoms. The molecule has 1 aromatic heterocycles. The SMILES string of the molecule is CC(CCc1ccc(OC(C)C)cc1)NC(=O)c1ccncc1. The Labute approximate surface area is 137 Å². The normalized spacial score (nSPS) is 12.0. The first-order valence-electron chi connectivity index (χ1n) is 8.01. The Morgan fingerprint density at radius 2 is 1.74 bits per heavy atom. The van der Waals surface area contributed by atoms with Crippen LogP contribution in [-0.2, 0) is 6.42 Å². The first-order chi connectivity index (χ1) is 11.0. The van der Waals surface area contributed by atoms with Crippen LogP contribution in [0.1, 0.15) is 43.1 Å². The highest BCUT2D eigenvalue weighted by Crippen LogP contribution is 2.15. The average molecular weight is 312 g/mol. The van der Waals surface area contributed by atoms with Gasteiger partial charge in [-0.3, -0.25) is 9.78 Å². The van der Waals surface area contributed by atoms with Crippen molar-refractivity contribution in [2.24, 2.45) is 0 Å². The second-order valence-corrected chi connectivity index (χ2v) is 5.96. The zero-order valence-electron chi connectivity index (χ0n) is 14.0. The molecule has 0 saturated heterocycles. The van der Waals surface area contributed by atoms with Gasteiger partial charge in [0.25, 0.3) is 5.91 Å². The fourth-order valence-corrected chi connectivity index (χ4v) is 2.27. The van der Waals surface area contributed by atoms with Crippen molar-refractivity contribution in [2.75, 3.05) is 0 Å². The Morgan fingerprint density at radius 1 is 1.09 bits per heavy atom. The van der Waals surface area contributed by atoms with E-state index >= 15 is 0 Å². The highest BCUT2D eigenvalue weighted by molar-refractivity contribution is 5.94. The lowest BCUT2D eigenvalue weighted by molar-refractivity contribution is 0.0938. The molecule has 4 nitrogen and oxygen atoms in total. The van der Waals surface area contributed by atoms with Gasteiger partial charge < -0.3 is 10.1 Å². The van der Waals surface area contributed by atoms with Crippen LogP contribution in [0.5, 0.6) is 5.75 Å². The Kier molecular flexibility index (Phi) is 6.15. The number of hydrogen-bond donors (Lipinski definition) is 1. The number of hydrogen-bond acceptors (Lipinski definition) is 3. The summed E-state index contributed by atoms with van der Waals surface area (Å²) in [6, 6.07) is 11.7. The monoisotopic (exact) mass is 312 g/mol. The molecule has 1 heterocycles. The van der Waals surface area contributed by atoms with Crippen LogP contribution < -0.4 is 10.1 Å². The molecule has 2 aromatic rings. The van der Waals surface area contributed by atoms with Crippen LogP contribution in [0.25, 0.3) is 0 Å². The second kappa shape index (κ2) is 8.32. The topological polar surface area (TPSA) is 51.2 Å². The molecule has 2 rings (SSSR count). The summed E-state index contributed by atoms with van der Waals surface area (Å²) >= 11 is 0. The highest BCUT2D eigenvalue weighted by atomic mass is 16.5. The third-order valence-corrected chi connectivity index (χ3v) is 3.48. The zero-order chi connectivity index (χ0) is 16.7. The van der Waals surface area contributed by atoms with Crippen molar-refractivity contribution in [3.8, 4) is 5.75 Å². The summed E-state index contributed by atoms with van der Waals surface area (Å²) in [4.78, 5) is 16.0. The predicted octanol–water partition coefficient (Wildman–Crippen LogP) is 3.62. The van der Waals surface area contributed by atoms with Gasteiger partial charge in [-0.1, -0.05) is 12.1 Å². The molecule has 1 amide bonds. The van der Waals surface area contributed by atoms with Crippen molar-refractivity contribution in [3.05, 3.63) is 59.9 Å². The zero-order valence-corrected chi connectivity index (χ0v) is 14.0. The lowest BCUT2D eigenvalue weighted by Crippen LogP contribution is -2.32. The number of pyridine rings is 1. The van der Waals surface area contributed by atoms with Gasteiger partial charge in [-0.2, -0.15) is 0 Å². The number of carbonyl (C=O) groups is 1. The summed E-state index contributed by atoms with van der Waals surface area (Å²) in [6.07, 6.45) is 5.24. The maximum absolute atomic E-state index is 12.1. The van der Waals surface area contributed by atoms with Crippen LogP contribution in [0, 0.1) is 0 Å². The van der Waals surface area contributed by atoms with E-state index in [9.17, 15) is 4.79 Å². The van der Waals surface area contributed by atoms with Crippen LogP contribution in [-0.4, -0.2) is 23.0 Å². The molecular weight excluding hydrogens is 288 g/mol. The van der Waals surface area contributed by atoms with Gasteiger partial charge >= 0.3 is 0 Å². The molecule has 0 aliphatic heterocycles. The van der Waals surface area contributed by atoms with Gasteiger partial charge in [-0.15, -0.1) is 0 Å². The predicted molar refractivity (Wildman–Crippen MR) is 91.7 cm³/mol. The number of aryl methyl sites for hydroxylation is 1. The van der Waals surface area contributed by atoms with Crippen molar-refractivity contribution in [1.29, 1.82) is 0 Å². The molecule has 4 heteroatoms. The lowest BCUT2D eigenvalue weighted by atomic mass is 10.1. The number of aromatic nitrogens is 1. The molecule has 0 aliphatic carbocycles. The van der Waals surface area contributed by atoms with E-state index in [1.54, 1.807) is 24.5 Å². The summed E-state index contributed by atoms with van der Waals surface area (Å²) in [6.45, 7) is 6.05. The van der Waals surface area contributed by atoms with E-state index in [1.807, 2.05) is 32.9 Å². The molecule has 0 radical (unpaired) electrons. The molecule has 0 fully saturated rings. The third kappa shape index (κ3) is 5.74. The van der Waals surface area contributed by atoms with Crippen LogP contribution >= 0.6 is 0 Å². The quantitative estimate of drug-likeness (QED) is 0.849. The molecule has 1 atom stereocenters. The Morgan fingerprint density at radius 3 is 2.35 bits per heavy atom. The number of amides is 1. The standard InChI is InChI=1S/C19H24N2O2/c1-14(2)23-18-8-6-16(7-9-18)5-4-15(3)21-19(22)17-10-12-20-13-11-17/h6-15H,4-5H2,1-3H3,(H,21,22). The van der Waals surface area contributed by atoms with Gasteiger partial charge in [-0.25, -0.2) is 0 Å². The molecular formula is C19H24N2O2. The molecule has 0 aliphatic rings. The van der Waals surface area contributed by atoms with Gasteiger partial charge in [0.1, 0.15) is 5.75 Å². The fraction of sp³-hybridized carbons (Fsp3) is 0.368. The summed E-state index contributed by atoms with van der Waals surface area (Å²) in [5.41, 5.74) is 1.88. The Balaban J connectivity index is 1.80. The van der Waals surface area contributed by atoms with Crippen molar-refractivity contribution >= 4 is 5.91 Å². The maximum Gasteiger partial charge on any atom is 0.251 e. The fourth-order valence-electron chi connectivity index (χ4n) is 2.27. The Bertz CT molecular complexity index is 609. The largest absolute Gasteiger partial charge is 0.491 e. The summed E-state index contributed by atoms with van der Waals surface area (Å²) in [5.74, 6) is 0.836. The average Bonchev–Trinajstić information content (AvgIpc) is 2.54. The van der Waals surface area contributed by atoms with Crippen LogP contribution in [0.15, 0.2) is 48.8 Å². The lowest BCUT2D eigenvalue weighted by Gasteiger charge is -2.14. The number of ether oxygens (including phenoxy) is 1. The van der Waals surface area contributed by atoms with Crippen molar-refractivity contribution in [2.45, 2.75) is 45.8 Å². The summed E-state index contributed by atoms with van der Waals surface area (Å²) < 4.78 is 5.63. The van der Waals surface area contributed by atoms with Crippen LogP contribution in [0.3, 0.4) is 0 Å². The van der Waals surface area contributed by atoms with E-state index in [2.05, 4.69) is 22.4 Å². The van der Waals surface area contributed by atoms with E-state index in [0.29, 0.717) is 5.56 Å². The van der Waals surface area contributed by atoms with Gasteiger partial charge in [0.05, 0.1) is 6.10 Å². The van der Waals surface area contributed by atoms with Crippen molar-refractivity contribution in [3.63, 3.8) is 0 Å². The minimum absolute atomic E-state index is 0.0550. The minimum atomic E-state index is -0.0550. The molecule has 1 unspecified atom stereocenters. The first kappa shape index (κ1) is 17.0. The maximum atomic E-state index is 12.1. The van der Waals surface area contributed by atoms with Crippen molar-refractivity contribution < 1.29 is 9.53 Å². The first-order valence-corrected chi connectivity index (χ1v) is 8.01. The van der Waals surface area contributed by atoms with E-state index in [-0.39, 0.29) is 18.1 Å².